The molecule has 3 nitrogen and oxygen atoms in total. The summed E-state index contributed by atoms with van der Waals surface area (Å²) < 4.78 is 5.13. The van der Waals surface area contributed by atoms with Gasteiger partial charge in [-0.1, -0.05) is 0 Å². The van der Waals surface area contributed by atoms with Crippen molar-refractivity contribution in [3.8, 4) is 0 Å². The number of hydrogen-bond acceptors (Lipinski definition) is 3. The van der Waals surface area contributed by atoms with Crippen molar-refractivity contribution in [3.05, 3.63) is 0 Å². The third-order valence-corrected chi connectivity index (χ3v) is 2.67. The lowest BCUT2D eigenvalue weighted by molar-refractivity contribution is 0.0932. The Morgan fingerprint density at radius 2 is 2.42 bits per heavy atom. The van der Waals surface area contributed by atoms with Crippen LogP contribution in [-0.2, 0) is 4.74 Å². The molecule has 0 saturated carbocycles. The molecule has 0 spiro atoms. The summed E-state index contributed by atoms with van der Waals surface area (Å²) in [5, 5.41) is 0. The normalized spacial score (nSPS) is 27.8. The summed E-state index contributed by atoms with van der Waals surface area (Å²) in [6, 6.07) is 1.11. The van der Waals surface area contributed by atoms with E-state index in [0.29, 0.717) is 12.1 Å². The van der Waals surface area contributed by atoms with Crippen LogP contribution in [0.4, 0.5) is 0 Å². The van der Waals surface area contributed by atoms with Crippen molar-refractivity contribution in [3.63, 3.8) is 0 Å². The number of ether oxygens (including phenoxy) is 1. The molecule has 1 heterocycles. The average Bonchev–Trinajstić information content (AvgIpc) is 2.51. The Morgan fingerprint density at radius 1 is 1.67 bits per heavy atom. The molecule has 2 atom stereocenters. The van der Waals surface area contributed by atoms with Gasteiger partial charge in [0.1, 0.15) is 0 Å². The summed E-state index contributed by atoms with van der Waals surface area (Å²) in [6.45, 7) is 4.99. The van der Waals surface area contributed by atoms with Crippen LogP contribution in [0.25, 0.3) is 0 Å². The van der Waals surface area contributed by atoms with E-state index in [-0.39, 0.29) is 0 Å². The Kier molecular flexibility index (Phi) is 3.98. The second-order valence-electron chi connectivity index (χ2n) is 3.57. The molecule has 1 fully saturated rings. The van der Waals surface area contributed by atoms with E-state index in [9.17, 15) is 0 Å². The fourth-order valence-electron chi connectivity index (χ4n) is 2.03. The van der Waals surface area contributed by atoms with E-state index in [0.717, 1.165) is 13.2 Å². The fraction of sp³-hybridized carbons (Fsp3) is 1.00. The molecule has 0 amide bonds. The van der Waals surface area contributed by atoms with Crippen molar-refractivity contribution >= 4 is 0 Å². The fourth-order valence-corrected chi connectivity index (χ4v) is 2.03. The predicted octanol–water partition coefficient (Wildman–Crippen LogP) is 0.444. The molecular weight excluding hydrogens is 152 g/mol. The van der Waals surface area contributed by atoms with Crippen molar-refractivity contribution in [1.29, 1.82) is 0 Å². The van der Waals surface area contributed by atoms with Crippen LogP contribution in [0.5, 0.6) is 0 Å². The van der Waals surface area contributed by atoms with Gasteiger partial charge in [-0.3, -0.25) is 4.90 Å². The van der Waals surface area contributed by atoms with E-state index in [4.69, 9.17) is 10.5 Å². The molecule has 2 N–H and O–H groups in total. The van der Waals surface area contributed by atoms with Gasteiger partial charge in [-0.2, -0.15) is 0 Å². The molecule has 1 saturated heterocycles. The number of likely N-dealkylation sites (tertiary alicyclic amines) is 1. The molecule has 1 aliphatic rings. The van der Waals surface area contributed by atoms with Crippen LogP contribution in [0.1, 0.15) is 19.8 Å². The minimum absolute atomic E-state index is 0.519. The van der Waals surface area contributed by atoms with Gasteiger partial charge in [0, 0.05) is 25.7 Å². The van der Waals surface area contributed by atoms with Gasteiger partial charge >= 0.3 is 0 Å². The highest BCUT2D eigenvalue weighted by molar-refractivity contribution is 4.83. The summed E-state index contributed by atoms with van der Waals surface area (Å²) in [5.74, 6) is 0. The number of hydrogen-bond donors (Lipinski definition) is 1. The smallest absolute Gasteiger partial charge is 0.0615 e. The molecule has 0 aromatic heterocycles. The van der Waals surface area contributed by atoms with Crippen molar-refractivity contribution in [2.45, 2.75) is 31.8 Å². The highest BCUT2D eigenvalue weighted by atomic mass is 16.5. The Balaban J connectivity index is 2.38. The molecule has 0 radical (unpaired) electrons. The quantitative estimate of drug-likeness (QED) is 0.669. The summed E-state index contributed by atoms with van der Waals surface area (Å²) in [4.78, 5) is 2.46. The van der Waals surface area contributed by atoms with Gasteiger partial charge in [0.15, 0.2) is 0 Å². The zero-order valence-corrected chi connectivity index (χ0v) is 8.12. The van der Waals surface area contributed by atoms with Gasteiger partial charge in [0.2, 0.25) is 0 Å². The molecule has 2 unspecified atom stereocenters. The molecule has 12 heavy (non-hydrogen) atoms. The average molecular weight is 172 g/mol. The molecular formula is C9H20N2O. The summed E-state index contributed by atoms with van der Waals surface area (Å²) in [7, 11) is 1.75. The van der Waals surface area contributed by atoms with Crippen LogP contribution in [0.2, 0.25) is 0 Å². The Hall–Kier alpha value is -0.120. The van der Waals surface area contributed by atoms with Crippen LogP contribution in [0, 0.1) is 0 Å². The largest absolute Gasteiger partial charge is 0.383 e. The molecule has 0 aromatic rings. The zero-order valence-electron chi connectivity index (χ0n) is 8.12. The second kappa shape index (κ2) is 4.80. The Morgan fingerprint density at radius 3 is 3.00 bits per heavy atom. The van der Waals surface area contributed by atoms with E-state index in [2.05, 4.69) is 11.8 Å². The molecule has 1 aliphatic heterocycles. The van der Waals surface area contributed by atoms with Crippen LogP contribution < -0.4 is 5.73 Å². The molecule has 3 heteroatoms. The molecule has 0 bridgehead atoms. The van der Waals surface area contributed by atoms with E-state index < -0.39 is 0 Å². The lowest BCUT2D eigenvalue weighted by Gasteiger charge is -2.29. The van der Waals surface area contributed by atoms with E-state index >= 15 is 0 Å². The SMILES string of the molecule is COCC(C)N1CCCC1CN. The highest BCUT2D eigenvalue weighted by Crippen LogP contribution is 2.18. The summed E-state index contributed by atoms with van der Waals surface area (Å²) in [6.07, 6.45) is 2.54. The third kappa shape index (κ3) is 2.19. The lowest BCUT2D eigenvalue weighted by atomic mass is 10.2. The number of nitrogens with zero attached hydrogens (tertiary/aromatic N) is 1. The summed E-state index contributed by atoms with van der Waals surface area (Å²) >= 11 is 0. The first kappa shape index (κ1) is 9.96. The van der Waals surface area contributed by atoms with Gasteiger partial charge in [-0.05, 0) is 26.3 Å². The highest BCUT2D eigenvalue weighted by Gasteiger charge is 2.26. The topological polar surface area (TPSA) is 38.5 Å². The van der Waals surface area contributed by atoms with E-state index in [1.807, 2.05) is 0 Å². The van der Waals surface area contributed by atoms with Crippen molar-refractivity contribution in [2.75, 3.05) is 26.8 Å². The zero-order chi connectivity index (χ0) is 8.97. The number of rotatable bonds is 4. The van der Waals surface area contributed by atoms with Crippen molar-refractivity contribution in [1.82, 2.24) is 4.90 Å². The predicted molar refractivity (Wildman–Crippen MR) is 50.1 cm³/mol. The van der Waals surface area contributed by atoms with Gasteiger partial charge in [0.05, 0.1) is 6.61 Å². The minimum atomic E-state index is 0.519. The lowest BCUT2D eigenvalue weighted by Crippen LogP contribution is -2.43. The van der Waals surface area contributed by atoms with Gasteiger partial charge in [-0.15, -0.1) is 0 Å². The standard InChI is InChI=1S/C9H20N2O/c1-8(7-12-2)11-5-3-4-9(11)6-10/h8-9H,3-7,10H2,1-2H3. The maximum Gasteiger partial charge on any atom is 0.0615 e. The molecule has 1 rings (SSSR count). The van der Waals surface area contributed by atoms with Crippen molar-refractivity contribution in [2.24, 2.45) is 5.73 Å². The maximum atomic E-state index is 5.68. The molecule has 0 aliphatic carbocycles. The molecule has 0 aromatic carbocycles. The van der Waals surface area contributed by atoms with Crippen LogP contribution in [0.15, 0.2) is 0 Å². The Labute approximate surface area is 74.9 Å². The number of methoxy groups -OCH3 is 1. The van der Waals surface area contributed by atoms with Crippen molar-refractivity contribution < 1.29 is 4.74 Å². The monoisotopic (exact) mass is 172 g/mol. The van der Waals surface area contributed by atoms with E-state index in [1.54, 1.807) is 7.11 Å². The number of nitrogens with two attached hydrogens (primary N) is 1. The minimum Gasteiger partial charge on any atom is -0.383 e. The van der Waals surface area contributed by atoms with Crippen LogP contribution in [-0.4, -0.2) is 43.8 Å². The third-order valence-electron chi connectivity index (χ3n) is 2.67. The first-order chi connectivity index (χ1) is 5.79. The van der Waals surface area contributed by atoms with E-state index in [1.165, 1.54) is 19.4 Å². The first-order valence-electron chi connectivity index (χ1n) is 4.74. The second-order valence-corrected chi connectivity index (χ2v) is 3.57. The van der Waals surface area contributed by atoms with Gasteiger partial charge in [-0.25, -0.2) is 0 Å². The Bertz CT molecular complexity index is 130. The molecule has 72 valence electrons. The van der Waals surface area contributed by atoms with Crippen LogP contribution >= 0.6 is 0 Å². The summed E-state index contributed by atoms with van der Waals surface area (Å²) in [5.41, 5.74) is 5.68. The van der Waals surface area contributed by atoms with Gasteiger partial charge in [0.25, 0.3) is 0 Å². The maximum absolute atomic E-state index is 5.68. The van der Waals surface area contributed by atoms with Crippen LogP contribution in [0.3, 0.4) is 0 Å². The van der Waals surface area contributed by atoms with Gasteiger partial charge < -0.3 is 10.5 Å². The first-order valence-corrected chi connectivity index (χ1v) is 4.74.